The maximum Gasteiger partial charge on any atom is 0.302 e. The van der Waals surface area contributed by atoms with E-state index in [1.165, 1.54) is 14.0 Å². The van der Waals surface area contributed by atoms with Crippen molar-refractivity contribution in [3.8, 4) is 0 Å². The Hall–Kier alpha value is -1.30. The van der Waals surface area contributed by atoms with Crippen LogP contribution in [0.3, 0.4) is 0 Å². The number of aliphatic hydroxyl groups is 2. The molecule has 5 saturated carbocycles. The Morgan fingerprint density at radius 1 is 1.11 bits per heavy atom. The average molecular weight is 496 g/mol. The van der Waals surface area contributed by atoms with Gasteiger partial charge in [0.2, 0.25) is 5.91 Å². The molecule has 3 N–H and O–H groups in total. The number of carbonyl (C=O) groups excluding carboxylic acids is 2. The number of fused-ring (bicyclic) bond motifs is 2. The maximum atomic E-state index is 13.8. The number of esters is 1. The van der Waals surface area contributed by atoms with Crippen LogP contribution in [0.1, 0.15) is 32.6 Å². The molecule has 0 radical (unpaired) electrons. The summed E-state index contributed by atoms with van der Waals surface area (Å²) in [4.78, 5) is 25.7. The second-order valence-corrected chi connectivity index (χ2v) is 11.7. The summed E-state index contributed by atoms with van der Waals surface area (Å²) in [5.74, 6) is -1.72. The zero-order chi connectivity index (χ0) is 25.1. The third-order valence-corrected chi connectivity index (χ3v) is 11.2. The van der Waals surface area contributed by atoms with Crippen molar-refractivity contribution < 1.29 is 43.5 Å². The molecule has 1 aliphatic heterocycles. The molecule has 35 heavy (non-hydrogen) atoms. The first-order chi connectivity index (χ1) is 16.6. The first-order valence-corrected chi connectivity index (χ1v) is 12.6. The van der Waals surface area contributed by atoms with Crippen LogP contribution in [0.5, 0.6) is 0 Å². The zero-order valence-corrected chi connectivity index (χ0v) is 21.0. The highest BCUT2D eigenvalue weighted by molar-refractivity contribution is 5.87. The highest BCUT2D eigenvalue weighted by Crippen LogP contribution is 2.79. The maximum absolute atomic E-state index is 13.8. The third-order valence-electron chi connectivity index (χ3n) is 11.2. The Morgan fingerprint density at radius 3 is 2.46 bits per heavy atom. The molecule has 6 aliphatic rings. The molecule has 0 aromatic carbocycles. The molecular weight excluding hydrogens is 458 g/mol. The summed E-state index contributed by atoms with van der Waals surface area (Å²) in [6, 6.07) is -0.786. The van der Waals surface area contributed by atoms with E-state index in [1.807, 2.05) is 0 Å². The van der Waals surface area contributed by atoms with E-state index in [0.717, 1.165) is 0 Å². The molecule has 1 unspecified atom stereocenters. The van der Waals surface area contributed by atoms with Crippen molar-refractivity contribution in [1.82, 2.24) is 5.32 Å². The number of ether oxygens (including phenoxy) is 5. The minimum absolute atomic E-state index is 0.0392. The van der Waals surface area contributed by atoms with Crippen LogP contribution in [0.4, 0.5) is 0 Å². The number of hydrogen-bond acceptors (Lipinski definition) is 9. The monoisotopic (exact) mass is 495 g/mol. The molecule has 6 rings (SSSR count). The van der Waals surface area contributed by atoms with Crippen LogP contribution in [-0.4, -0.2) is 98.8 Å². The van der Waals surface area contributed by atoms with Crippen LogP contribution in [0, 0.1) is 34.5 Å². The molecule has 1 saturated heterocycles. The average Bonchev–Trinajstić information content (AvgIpc) is 3.24. The van der Waals surface area contributed by atoms with E-state index in [0.29, 0.717) is 19.3 Å². The smallest absolute Gasteiger partial charge is 0.302 e. The normalized spacial score (nSPS) is 57.1. The van der Waals surface area contributed by atoms with Crippen molar-refractivity contribution in [2.24, 2.45) is 34.5 Å². The van der Waals surface area contributed by atoms with Gasteiger partial charge in [0.15, 0.2) is 0 Å². The van der Waals surface area contributed by atoms with Gasteiger partial charge in [-0.2, -0.15) is 0 Å². The lowest BCUT2D eigenvalue weighted by Crippen LogP contribution is -2.82. The Labute approximate surface area is 204 Å². The van der Waals surface area contributed by atoms with Gasteiger partial charge < -0.3 is 39.2 Å². The van der Waals surface area contributed by atoms with E-state index in [-0.39, 0.29) is 55.0 Å². The number of hydrogen-bond donors (Lipinski definition) is 3. The molecule has 13 atom stereocenters. The largest absolute Gasteiger partial charge is 0.465 e. The summed E-state index contributed by atoms with van der Waals surface area (Å²) >= 11 is 0. The van der Waals surface area contributed by atoms with Crippen molar-refractivity contribution in [3.05, 3.63) is 0 Å². The van der Waals surface area contributed by atoms with E-state index < -0.39 is 46.1 Å². The molecule has 7 bridgehead atoms. The van der Waals surface area contributed by atoms with E-state index in [4.69, 9.17) is 23.7 Å². The lowest BCUT2D eigenvalue weighted by molar-refractivity contribution is -0.299. The van der Waals surface area contributed by atoms with Gasteiger partial charge in [-0.25, -0.2) is 0 Å². The van der Waals surface area contributed by atoms with Gasteiger partial charge in [-0.3, -0.25) is 9.59 Å². The highest BCUT2D eigenvalue weighted by atomic mass is 16.5. The van der Waals surface area contributed by atoms with Crippen LogP contribution in [0.15, 0.2) is 0 Å². The summed E-state index contributed by atoms with van der Waals surface area (Å²) in [5.41, 5.74) is -5.27. The molecule has 10 heteroatoms. The summed E-state index contributed by atoms with van der Waals surface area (Å²) < 4.78 is 29.6. The van der Waals surface area contributed by atoms with Crippen LogP contribution >= 0.6 is 0 Å². The van der Waals surface area contributed by atoms with Gasteiger partial charge in [-0.15, -0.1) is 0 Å². The number of methoxy groups -OCH3 is 4. The van der Waals surface area contributed by atoms with Crippen molar-refractivity contribution in [2.75, 3.05) is 35.0 Å². The minimum atomic E-state index is -1.81. The van der Waals surface area contributed by atoms with Crippen LogP contribution in [-0.2, 0) is 33.3 Å². The zero-order valence-electron chi connectivity index (χ0n) is 21.0. The molecule has 0 aromatic heterocycles. The van der Waals surface area contributed by atoms with Crippen molar-refractivity contribution in [3.63, 3.8) is 0 Å². The number of nitrogens with one attached hydrogen (secondary N) is 1. The first kappa shape index (κ1) is 24.1. The third kappa shape index (κ3) is 2.34. The number of rotatable bonds is 6. The number of carbonyl (C=O) groups is 2. The summed E-state index contributed by atoms with van der Waals surface area (Å²) in [6.07, 6.45) is 0.120. The van der Waals surface area contributed by atoms with E-state index in [1.54, 1.807) is 21.3 Å². The number of amides is 1. The van der Waals surface area contributed by atoms with Gasteiger partial charge in [0.25, 0.3) is 0 Å². The fourth-order valence-corrected chi connectivity index (χ4v) is 10.4. The van der Waals surface area contributed by atoms with E-state index in [2.05, 4.69) is 5.32 Å². The fourth-order valence-electron chi connectivity index (χ4n) is 10.4. The molecule has 0 aromatic rings. The Morgan fingerprint density at radius 2 is 1.86 bits per heavy atom. The summed E-state index contributed by atoms with van der Waals surface area (Å²) in [5, 5.41) is 28.5. The molecule has 5 aliphatic carbocycles. The lowest BCUT2D eigenvalue weighted by Gasteiger charge is -2.67. The summed E-state index contributed by atoms with van der Waals surface area (Å²) in [7, 11) is 6.46. The first-order valence-electron chi connectivity index (χ1n) is 12.6. The topological polar surface area (TPSA) is 133 Å². The number of piperidine rings is 1. The van der Waals surface area contributed by atoms with Gasteiger partial charge in [0.1, 0.15) is 17.8 Å². The second kappa shape index (κ2) is 7.39. The van der Waals surface area contributed by atoms with Crippen LogP contribution in [0.2, 0.25) is 0 Å². The minimum Gasteiger partial charge on any atom is -0.465 e. The molecule has 196 valence electrons. The van der Waals surface area contributed by atoms with Crippen molar-refractivity contribution >= 4 is 11.9 Å². The predicted octanol–water partition coefficient (Wildman–Crippen LogP) is -0.364. The Bertz CT molecular complexity index is 946. The molecule has 1 spiro atoms. The van der Waals surface area contributed by atoms with E-state index >= 15 is 0 Å². The standard InChI is InChI=1S/C25H37NO9/c1-11(27)35-10-22-7-6-15(32-3)24-13-8-12-14(31-2)9-23(29,16(13)17(12)33-4)25(30,19(34-5)18(22)24)20(24)26-21(22)28/h12-20,29-30H,6-10H2,1-5H3,(H,26,28)/t12-,13-,14+,15+,16-,17+,18-,19+,20?,22+,23-,24+,25-/m1/s1. The van der Waals surface area contributed by atoms with Crippen molar-refractivity contribution in [2.45, 2.75) is 74.3 Å². The molecule has 6 fully saturated rings. The second-order valence-electron chi connectivity index (χ2n) is 11.7. The van der Waals surface area contributed by atoms with Gasteiger partial charge >= 0.3 is 5.97 Å². The van der Waals surface area contributed by atoms with Gasteiger partial charge in [0, 0.05) is 65.0 Å². The highest BCUT2D eigenvalue weighted by Gasteiger charge is 2.92. The molecule has 1 amide bonds. The van der Waals surface area contributed by atoms with E-state index in [9.17, 15) is 19.8 Å². The molecule has 10 nitrogen and oxygen atoms in total. The molecule has 1 heterocycles. The van der Waals surface area contributed by atoms with Gasteiger partial charge in [0.05, 0.1) is 35.9 Å². The van der Waals surface area contributed by atoms with Gasteiger partial charge in [-0.05, 0) is 25.2 Å². The predicted molar refractivity (Wildman–Crippen MR) is 119 cm³/mol. The quantitative estimate of drug-likeness (QED) is 0.423. The Balaban J connectivity index is 1.63. The SMILES string of the molecule is CO[C@H]1[C@@H]2C[C@@H]3[C@H]1[C@](O)(C[C@@H]2OC)[C@]1(O)C2NC(=O)[C@]4(COC(C)=O)CC[C@H](OC)[C@@]23[C@@H]4[C@@H]1OC. The Kier molecular flexibility index (Phi) is 5.08. The molecular formula is C25H37NO9. The van der Waals surface area contributed by atoms with Crippen LogP contribution in [0.25, 0.3) is 0 Å². The van der Waals surface area contributed by atoms with Crippen molar-refractivity contribution in [1.29, 1.82) is 0 Å². The van der Waals surface area contributed by atoms with Crippen LogP contribution < -0.4 is 5.32 Å². The fraction of sp³-hybridized carbons (Fsp3) is 0.920. The van der Waals surface area contributed by atoms with Gasteiger partial charge in [-0.1, -0.05) is 0 Å². The lowest BCUT2D eigenvalue weighted by atomic mass is 9.43. The summed E-state index contributed by atoms with van der Waals surface area (Å²) in [6.45, 7) is 1.22.